The molecule has 2 nitrogen and oxygen atoms in total. The summed E-state index contributed by atoms with van der Waals surface area (Å²) in [4.78, 5) is 2.26. The van der Waals surface area contributed by atoms with E-state index in [9.17, 15) is 5.11 Å². The normalized spacial score (nSPS) is 19.2. The zero-order valence-corrected chi connectivity index (χ0v) is 9.91. The van der Waals surface area contributed by atoms with Crippen LogP contribution in [0.1, 0.15) is 41.0 Å². The molecular weight excluding hydrogens is 162 g/mol. The van der Waals surface area contributed by atoms with Gasteiger partial charge in [0.2, 0.25) is 0 Å². The number of nitrogens with zero attached hydrogens (tertiary/aromatic N) is 1. The average molecular weight is 187 g/mol. The second-order valence-corrected chi connectivity index (χ2v) is 4.37. The Morgan fingerprint density at radius 3 is 1.85 bits per heavy atom. The van der Waals surface area contributed by atoms with E-state index >= 15 is 0 Å². The van der Waals surface area contributed by atoms with Crippen molar-refractivity contribution in [3.63, 3.8) is 0 Å². The van der Waals surface area contributed by atoms with Crippen LogP contribution in [0.4, 0.5) is 0 Å². The molecule has 0 fully saturated rings. The Hall–Kier alpha value is -0.0800. The van der Waals surface area contributed by atoms with Crippen LogP contribution in [0.15, 0.2) is 0 Å². The zero-order chi connectivity index (χ0) is 10.6. The lowest BCUT2D eigenvalue weighted by Crippen LogP contribution is -2.45. The third kappa shape index (κ3) is 3.65. The van der Waals surface area contributed by atoms with E-state index in [1.165, 1.54) is 0 Å². The summed E-state index contributed by atoms with van der Waals surface area (Å²) in [5, 5.41) is 9.69. The van der Waals surface area contributed by atoms with E-state index in [0.717, 1.165) is 6.42 Å². The van der Waals surface area contributed by atoms with Crippen LogP contribution in [-0.2, 0) is 0 Å². The van der Waals surface area contributed by atoms with Crippen LogP contribution in [-0.4, -0.2) is 35.2 Å². The van der Waals surface area contributed by atoms with Crippen molar-refractivity contribution >= 4 is 0 Å². The maximum atomic E-state index is 9.69. The van der Waals surface area contributed by atoms with E-state index < -0.39 is 0 Å². The minimum absolute atomic E-state index is 0.203. The third-order valence-electron chi connectivity index (χ3n) is 3.22. The Labute approximate surface area is 82.9 Å². The number of aliphatic hydroxyl groups is 1. The van der Waals surface area contributed by atoms with Gasteiger partial charge >= 0.3 is 0 Å². The van der Waals surface area contributed by atoms with Gasteiger partial charge in [-0.2, -0.15) is 0 Å². The molecule has 0 aliphatic heterocycles. The summed E-state index contributed by atoms with van der Waals surface area (Å²) in [6.45, 7) is 10.8. The molecule has 0 aliphatic carbocycles. The lowest BCUT2D eigenvalue weighted by molar-refractivity contribution is 0.0406. The fourth-order valence-electron chi connectivity index (χ4n) is 1.45. The topological polar surface area (TPSA) is 23.5 Å². The molecule has 0 radical (unpaired) electrons. The summed E-state index contributed by atoms with van der Waals surface area (Å²) in [5.74, 6) is 0.636. The summed E-state index contributed by atoms with van der Waals surface area (Å²) in [5.41, 5.74) is 0. The molecule has 3 unspecified atom stereocenters. The van der Waals surface area contributed by atoms with Crippen LogP contribution >= 0.6 is 0 Å². The monoisotopic (exact) mass is 187 g/mol. The highest BCUT2D eigenvalue weighted by Crippen LogP contribution is 2.14. The van der Waals surface area contributed by atoms with Crippen molar-refractivity contribution in [1.29, 1.82) is 0 Å². The summed E-state index contributed by atoms with van der Waals surface area (Å²) < 4.78 is 0. The summed E-state index contributed by atoms with van der Waals surface area (Å²) >= 11 is 0. The van der Waals surface area contributed by atoms with Crippen LogP contribution < -0.4 is 0 Å². The highest BCUT2D eigenvalue weighted by Gasteiger charge is 2.22. The van der Waals surface area contributed by atoms with Crippen LogP contribution in [0, 0.1) is 5.92 Å². The van der Waals surface area contributed by atoms with Gasteiger partial charge in [0.1, 0.15) is 0 Å². The van der Waals surface area contributed by atoms with E-state index in [2.05, 4.69) is 39.6 Å². The molecule has 13 heavy (non-hydrogen) atoms. The quantitative estimate of drug-likeness (QED) is 0.712. The van der Waals surface area contributed by atoms with Gasteiger partial charge in [0.05, 0.1) is 6.10 Å². The summed E-state index contributed by atoms with van der Waals surface area (Å²) in [7, 11) is 2.09. The number of aliphatic hydroxyl groups excluding tert-OH is 1. The molecule has 0 saturated carbocycles. The van der Waals surface area contributed by atoms with E-state index in [0.29, 0.717) is 12.0 Å². The van der Waals surface area contributed by atoms with Crippen molar-refractivity contribution in [2.75, 3.05) is 7.05 Å². The first-order valence-electron chi connectivity index (χ1n) is 5.31. The standard InChI is InChI=1S/C11H25NO/c1-7-11(13)10(5)12(6)9(4)8(2)3/h8-11,13H,7H2,1-6H3. The Morgan fingerprint density at radius 1 is 1.08 bits per heavy atom. The Bertz CT molecular complexity index is 136. The Morgan fingerprint density at radius 2 is 1.54 bits per heavy atom. The van der Waals surface area contributed by atoms with Crippen LogP contribution in [0.5, 0.6) is 0 Å². The van der Waals surface area contributed by atoms with Crippen LogP contribution in [0.25, 0.3) is 0 Å². The first-order valence-corrected chi connectivity index (χ1v) is 5.31. The van der Waals surface area contributed by atoms with Crippen molar-refractivity contribution in [3.05, 3.63) is 0 Å². The predicted molar refractivity (Wildman–Crippen MR) is 57.8 cm³/mol. The van der Waals surface area contributed by atoms with Crippen molar-refractivity contribution in [2.24, 2.45) is 5.92 Å². The fourth-order valence-corrected chi connectivity index (χ4v) is 1.45. The van der Waals surface area contributed by atoms with E-state index in [4.69, 9.17) is 0 Å². The molecule has 0 aliphatic rings. The van der Waals surface area contributed by atoms with Gasteiger partial charge in [0.25, 0.3) is 0 Å². The summed E-state index contributed by atoms with van der Waals surface area (Å²) in [6.07, 6.45) is 0.627. The minimum Gasteiger partial charge on any atom is -0.392 e. The van der Waals surface area contributed by atoms with Crippen molar-refractivity contribution < 1.29 is 5.11 Å². The molecule has 80 valence electrons. The van der Waals surface area contributed by atoms with Gasteiger partial charge in [-0.25, -0.2) is 0 Å². The lowest BCUT2D eigenvalue weighted by Gasteiger charge is -2.35. The molecule has 0 aromatic heterocycles. The number of rotatable bonds is 5. The van der Waals surface area contributed by atoms with Crippen LogP contribution in [0.2, 0.25) is 0 Å². The lowest BCUT2D eigenvalue weighted by atomic mass is 10.0. The fraction of sp³-hybridized carbons (Fsp3) is 1.00. The van der Waals surface area contributed by atoms with Gasteiger partial charge in [-0.1, -0.05) is 20.8 Å². The smallest absolute Gasteiger partial charge is 0.0690 e. The molecule has 0 heterocycles. The van der Waals surface area contributed by atoms with Gasteiger partial charge in [-0.05, 0) is 33.2 Å². The highest BCUT2D eigenvalue weighted by atomic mass is 16.3. The Kier molecular flexibility index (Phi) is 5.57. The molecule has 0 saturated heterocycles. The molecule has 1 N–H and O–H groups in total. The van der Waals surface area contributed by atoms with Crippen molar-refractivity contribution in [3.8, 4) is 0 Å². The largest absolute Gasteiger partial charge is 0.392 e. The minimum atomic E-state index is -0.203. The zero-order valence-electron chi connectivity index (χ0n) is 9.91. The molecule has 0 spiro atoms. The molecule has 3 atom stereocenters. The molecule has 0 amide bonds. The highest BCUT2D eigenvalue weighted by molar-refractivity contribution is 4.77. The second kappa shape index (κ2) is 5.61. The number of hydrogen-bond donors (Lipinski definition) is 1. The number of likely N-dealkylation sites (N-methyl/N-ethyl adjacent to an activating group) is 1. The van der Waals surface area contributed by atoms with Gasteiger partial charge in [0.15, 0.2) is 0 Å². The first-order chi connectivity index (χ1) is 5.91. The van der Waals surface area contributed by atoms with Gasteiger partial charge < -0.3 is 5.11 Å². The molecule has 0 aromatic rings. The maximum absolute atomic E-state index is 9.69. The molecule has 2 heteroatoms. The molecule has 0 rings (SSSR count). The molecular formula is C11H25NO. The molecule has 0 bridgehead atoms. The van der Waals surface area contributed by atoms with Crippen LogP contribution in [0.3, 0.4) is 0 Å². The SMILES string of the molecule is CCC(O)C(C)N(C)C(C)C(C)C. The first kappa shape index (κ1) is 12.9. The van der Waals surface area contributed by atoms with Gasteiger partial charge in [-0.3, -0.25) is 4.90 Å². The average Bonchev–Trinajstić information content (AvgIpc) is 2.12. The summed E-state index contributed by atoms with van der Waals surface area (Å²) in [6, 6.07) is 0.776. The second-order valence-electron chi connectivity index (χ2n) is 4.37. The van der Waals surface area contributed by atoms with Crippen molar-refractivity contribution in [2.45, 2.75) is 59.2 Å². The van der Waals surface area contributed by atoms with E-state index in [1.54, 1.807) is 0 Å². The van der Waals surface area contributed by atoms with E-state index in [-0.39, 0.29) is 12.1 Å². The van der Waals surface area contributed by atoms with E-state index in [1.807, 2.05) is 6.92 Å². The Balaban J connectivity index is 4.15. The number of hydrogen-bond acceptors (Lipinski definition) is 2. The predicted octanol–water partition coefficient (Wildman–Crippen LogP) is 2.12. The maximum Gasteiger partial charge on any atom is 0.0690 e. The van der Waals surface area contributed by atoms with Gasteiger partial charge in [-0.15, -0.1) is 0 Å². The molecule has 0 aromatic carbocycles. The van der Waals surface area contributed by atoms with Gasteiger partial charge in [0, 0.05) is 12.1 Å². The third-order valence-corrected chi connectivity index (χ3v) is 3.22. The van der Waals surface area contributed by atoms with Crippen molar-refractivity contribution in [1.82, 2.24) is 4.90 Å².